The van der Waals surface area contributed by atoms with Gasteiger partial charge in [0.2, 0.25) is 0 Å². The van der Waals surface area contributed by atoms with E-state index in [0.29, 0.717) is 11.7 Å². The van der Waals surface area contributed by atoms with Gasteiger partial charge in [0, 0.05) is 28.7 Å². The first-order valence-corrected chi connectivity index (χ1v) is 11.5. The van der Waals surface area contributed by atoms with E-state index in [1.165, 1.54) is 12.8 Å². The molecular weight excluding hydrogens is 364 g/mol. The van der Waals surface area contributed by atoms with E-state index < -0.39 is 0 Å². The third-order valence-electron chi connectivity index (χ3n) is 5.71. The summed E-state index contributed by atoms with van der Waals surface area (Å²) in [4.78, 5) is 26.3. The molecule has 2 nitrogen and oxygen atoms in total. The fourth-order valence-electron chi connectivity index (χ4n) is 4.20. The predicted octanol–water partition coefficient (Wildman–Crippen LogP) is 6.46. The van der Waals surface area contributed by atoms with Gasteiger partial charge in [0.05, 0.1) is 0 Å². The van der Waals surface area contributed by atoms with Crippen LogP contribution < -0.4 is 0 Å². The molecule has 0 heterocycles. The molecule has 2 aromatic carbocycles. The van der Waals surface area contributed by atoms with Crippen LogP contribution in [0.25, 0.3) is 0 Å². The number of rotatable bonds is 9. The zero-order valence-electron chi connectivity index (χ0n) is 16.7. The van der Waals surface area contributed by atoms with Crippen LogP contribution in [0.4, 0.5) is 0 Å². The van der Waals surface area contributed by atoms with Gasteiger partial charge < -0.3 is 0 Å². The fraction of sp³-hybridized carbons (Fsp3) is 0.440. The Hall–Kier alpha value is -1.87. The van der Waals surface area contributed by atoms with Gasteiger partial charge in [0.15, 0.2) is 11.6 Å². The number of hydrogen-bond donors (Lipinski definition) is 0. The highest BCUT2D eigenvalue weighted by atomic mass is 32.2. The smallest absolute Gasteiger partial charge is 0.167 e. The zero-order valence-corrected chi connectivity index (χ0v) is 17.5. The molecule has 0 unspecified atom stereocenters. The Morgan fingerprint density at radius 1 is 0.929 bits per heavy atom. The van der Waals surface area contributed by atoms with Gasteiger partial charge >= 0.3 is 0 Å². The van der Waals surface area contributed by atoms with Crippen molar-refractivity contribution in [2.24, 2.45) is 11.8 Å². The van der Waals surface area contributed by atoms with Crippen LogP contribution in [0.5, 0.6) is 0 Å². The lowest BCUT2D eigenvalue weighted by Crippen LogP contribution is -2.38. The Bertz CT molecular complexity index is 757. The van der Waals surface area contributed by atoms with Gasteiger partial charge in [-0.2, -0.15) is 11.8 Å². The second-order valence-electron chi connectivity index (χ2n) is 7.70. The van der Waals surface area contributed by atoms with Gasteiger partial charge in [0.1, 0.15) is 0 Å². The van der Waals surface area contributed by atoms with Gasteiger partial charge in [-0.05, 0) is 30.9 Å². The summed E-state index contributed by atoms with van der Waals surface area (Å²) in [5.74, 6) is 1.55. The van der Waals surface area contributed by atoms with E-state index >= 15 is 0 Å². The molecule has 0 amide bonds. The number of unbranched alkanes of at least 4 members (excludes halogenated alkanes) is 1. The maximum atomic E-state index is 13.4. The number of ketones is 2. The summed E-state index contributed by atoms with van der Waals surface area (Å²) in [7, 11) is 0. The van der Waals surface area contributed by atoms with Crippen LogP contribution in [0, 0.1) is 11.8 Å². The Balaban J connectivity index is 1.81. The van der Waals surface area contributed by atoms with Crippen LogP contribution >= 0.6 is 11.8 Å². The molecule has 1 saturated carbocycles. The molecule has 3 atom stereocenters. The maximum absolute atomic E-state index is 13.4. The highest BCUT2D eigenvalue weighted by Crippen LogP contribution is 2.41. The van der Waals surface area contributed by atoms with Gasteiger partial charge in [-0.15, -0.1) is 0 Å². The molecule has 0 N–H and O–H groups in total. The monoisotopic (exact) mass is 394 g/mol. The lowest BCUT2D eigenvalue weighted by atomic mass is 9.72. The van der Waals surface area contributed by atoms with E-state index in [1.807, 2.05) is 72.4 Å². The van der Waals surface area contributed by atoms with Crippen LogP contribution in [0.2, 0.25) is 0 Å². The predicted molar refractivity (Wildman–Crippen MR) is 118 cm³/mol. The second-order valence-corrected chi connectivity index (χ2v) is 9.05. The molecule has 3 heteroatoms. The molecule has 0 spiro atoms. The van der Waals surface area contributed by atoms with E-state index in [2.05, 4.69) is 6.92 Å². The third kappa shape index (κ3) is 5.35. The zero-order chi connectivity index (χ0) is 19.8. The van der Waals surface area contributed by atoms with E-state index in [0.717, 1.165) is 36.1 Å². The van der Waals surface area contributed by atoms with Gasteiger partial charge in [-0.1, -0.05) is 80.4 Å². The van der Waals surface area contributed by atoms with Crippen molar-refractivity contribution in [3.8, 4) is 0 Å². The van der Waals surface area contributed by atoms with Crippen LogP contribution in [0.1, 0.15) is 66.2 Å². The minimum Gasteiger partial charge on any atom is -0.294 e. The fourth-order valence-corrected chi connectivity index (χ4v) is 5.84. The first-order chi connectivity index (χ1) is 13.7. The average Bonchev–Trinajstić information content (AvgIpc) is 2.75. The normalized spacial score (nSPS) is 22.0. The minimum atomic E-state index is -0.0642. The van der Waals surface area contributed by atoms with Crippen LogP contribution in [-0.4, -0.2) is 22.6 Å². The van der Waals surface area contributed by atoms with E-state index in [-0.39, 0.29) is 23.4 Å². The van der Waals surface area contributed by atoms with Crippen LogP contribution in [0.15, 0.2) is 60.7 Å². The standard InChI is InChI=1S/C25H30O2S/c1-2-3-17-28-23-16-10-15-21(18-22(26)19-11-6-4-7-12-19)24(23)25(27)20-13-8-5-9-14-20/h4-9,11-14,21,23-24H,2-3,10,15-18H2,1H3/t21-,23-,24-/m1/s1. The maximum Gasteiger partial charge on any atom is 0.167 e. The summed E-state index contributed by atoms with van der Waals surface area (Å²) < 4.78 is 0. The number of hydrogen-bond acceptors (Lipinski definition) is 3. The SMILES string of the molecule is CCCCS[C@@H]1CCC[C@H](CC(=O)c2ccccc2)[C@H]1C(=O)c1ccccc1. The molecule has 1 aliphatic carbocycles. The lowest BCUT2D eigenvalue weighted by Gasteiger charge is -2.37. The Morgan fingerprint density at radius 2 is 1.57 bits per heavy atom. The van der Waals surface area contributed by atoms with Crippen molar-refractivity contribution in [3.63, 3.8) is 0 Å². The number of carbonyl (C=O) groups excluding carboxylic acids is 2. The minimum absolute atomic E-state index is 0.0642. The highest BCUT2D eigenvalue weighted by molar-refractivity contribution is 7.99. The molecule has 1 fully saturated rings. The number of carbonyl (C=O) groups is 2. The molecule has 3 rings (SSSR count). The van der Waals surface area contributed by atoms with Crippen molar-refractivity contribution in [3.05, 3.63) is 71.8 Å². The van der Waals surface area contributed by atoms with Crippen LogP contribution in [-0.2, 0) is 0 Å². The molecule has 0 saturated heterocycles. The largest absolute Gasteiger partial charge is 0.294 e. The van der Waals surface area contributed by atoms with E-state index in [4.69, 9.17) is 0 Å². The van der Waals surface area contributed by atoms with E-state index in [1.54, 1.807) is 0 Å². The molecule has 2 aromatic rings. The average molecular weight is 395 g/mol. The molecule has 0 bridgehead atoms. The first kappa shape index (κ1) is 20.9. The topological polar surface area (TPSA) is 34.1 Å². The van der Waals surface area contributed by atoms with Crippen molar-refractivity contribution in [1.82, 2.24) is 0 Å². The Labute approximate surface area is 173 Å². The number of thioether (sulfide) groups is 1. The molecule has 148 valence electrons. The summed E-state index contributed by atoms with van der Waals surface area (Å²) in [6.45, 7) is 2.20. The second kappa shape index (κ2) is 10.6. The molecule has 0 radical (unpaired) electrons. The van der Waals surface area contributed by atoms with Gasteiger partial charge in [-0.25, -0.2) is 0 Å². The molecule has 1 aliphatic rings. The van der Waals surface area contributed by atoms with Crippen molar-refractivity contribution in [2.45, 2.75) is 50.7 Å². The number of Topliss-reactive ketones (excluding diaryl/α,β-unsaturated/α-hetero) is 2. The molecule has 28 heavy (non-hydrogen) atoms. The third-order valence-corrected chi connectivity index (χ3v) is 7.19. The van der Waals surface area contributed by atoms with Crippen molar-refractivity contribution < 1.29 is 9.59 Å². The van der Waals surface area contributed by atoms with Gasteiger partial charge in [0.25, 0.3) is 0 Å². The van der Waals surface area contributed by atoms with E-state index in [9.17, 15) is 9.59 Å². The summed E-state index contributed by atoms with van der Waals surface area (Å²) in [5.41, 5.74) is 1.54. The summed E-state index contributed by atoms with van der Waals surface area (Å²) in [6.07, 6.45) is 5.97. The first-order valence-electron chi connectivity index (χ1n) is 10.5. The molecular formula is C25H30O2S. The van der Waals surface area contributed by atoms with Crippen LogP contribution in [0.3, 0.4) is 0 Å². The van der Waals surface area contributed by atoms with Gasteiger partial charge in [-0.3, -0.25) is 9.59 Å². The summed E-state index contributed by atoms with van der Waals surface area (Å²) in [5, 5.41) is 0.321. The van der Waals surface area contributed by atoms with Crippen molar-refractivity contribution in [2.75, 3.05) is 5.75 Å². The Kier molecular flexibility index (Phi) is 7.90. The molecule has 0 aromatic heterocycles. The highest BCUT2D eigenvalue weighted by Gasteiger charge is 2.39. The quantitative estimate of drug-likeness (QED) is 0.361. The Morgan fingerprint density at radius 3 is 2.21 bits per heavy atom. The van der Waals surface area contributed by atoms with Crippen molar-refractivity contribution in [1.29, 1.82) is 0 Å². The molecule has 0 aliphatic heterocycles. The summed E-state index contributed by atoms with van der Waals surface area (Å²) in [6, 6.07) is 19.1. The number of benzene rings is 2. The van der Waals surface area contributed by atoms with Crippen molar-refractivity contribution >= 4 is 23.3 Å². The lowest BCUT2D eigenvalue weighted by molar-refractivity contribution is 0.0793. The summed E-state index contributed by atoms with van der Waals surface area (Å²) >= 11 is 1.95.